The smallest absolute Gasteiger partial charge is 0.302 e. The summed E-state index contributed by atoms with van der Waals surface area (Å²) >= 11 is 0. The highest BCUT2D eigenvalue weighted by atomic mass is 16.5. The summed E-state index contributed by atoms with van der Waals surface area (Å²) < 4.78 is 5.54. The van der Waals surface area contributed by atoms with Crippen LogP contribution in [-0.2, 0) is 14.3 Å². The zero-order valence-corrected chi connectivity index (χ0v) is 17.9. The molecule has 7 unspecified atom stereocenters. The Labute approximate surface area is 168 Å². The Morgan fingerprint density at radius 2 is 1.89 bits per heavy atom. The number of hydrogen-bond donors (Lipinski definition) is 1. The van der Waals surface area contributed by atoms with E-state index in [0.717, 1.165) is 44.1 Å². The zero-order valence-electron chi connectivity index (χ0n) is 17.9. The Hall–Kier alpha value is -1.42. The van der Waals surface area contributed by atoms with Crippen molar-refractivity contribution in [3.05, 3.63) is 23.3 Å². The minimum absolute atomic E-state index is 0.0537. The van der Waals surface area contributed by atoms with Crippen LogP contribution in [0, 0.1) is 28.6 Å². The number of rotatable bonds is 2. The van der Waals surface area contributed by atoms with E-state index in [1.807, 2.05) is 6.92 Å². The van der Waals surface area contributed by atoms with E-state index in [2.05, 4.69) is 26.0 Å². The van der Waals surface area contributed by atoms with Gasteiger partial charge in [-0.15, -0.1) is 0 Å². The molecule has 0 heterocycles. The Morgan fingerprint density at radius 3 is 2.54 bits per heavy atom. The molecule has 0 aromatic rings. The van der Waals surface area contributed by atoms with Gasteiger partial charge in [0, 0.05) is 12.3 Å². The lowest BCUT2D eigenvalue weighted by atomic mass is 9.48. The Kier molecular flexibility index (Phi) is 4.46. The normalized spacial score (nSPS) is 47.2. The number of ether oxygens (including phenoxy) is 1. The SMILES string of the molecule is CC(=O)OC1CCC2(C)C3=CCC4(C)C(C=C(C)C4(O)C(C)=O)C3CCC2C1. The number of ketones is 1. The van der Waals surface area contributed by atoms with Crippen molar-refractivity contribution < 1.29 is 19.4 Å². The summed E-state index contributed by atoms with van der Waals surface area (Å²) in [6.07, 6.45) is 10.5. The average molecular weight is 387 g/mol. The van der Waals surface area contributed by atoms with Crippen molar-refractivity contribution in [2.24, 2.45) is 28.6 Å². The van der Waals surface area contributed by atoms with E-state index in [1.165, 1.54) is 19.4 Å². The van der Waals surface area contributed by atoms with Crippen molar-refractivity contribution in [1.29, 1.82) is 0 Å². The second-order valence-electron chi connectivity index (χ2n) is 10.2. The van der Waals surface area contributed by atoms with Crippen LogP contribution in [0.25, 0.3) is 0 Å². The standard InChI is InChI=1S/C24H34O4/c1-14-12-21-19-7-6-17-13-18(28-16(3)26)8-10-22(17,4)20(19)9-11-23(21,5)24(14,27)15(2)25/h9,12,17-19,21,27H,6-8,10-11,13H2,1-5H3. The molecular formula is C24H34O4. The minimum atomic E-state index is -1.34. The lowest BCUT2D eigenvalue weighted by Crippen LogP contribution is -2.56. The number of hydrogen-bond acceptors (Lipinski definition) is 4. The van der Waals surface area contributed by atoms with Crippen LogP contribution < -0.4 is 0 Å². The fourth-order valence-electron chi connectivity index (χ4n) is 7.35. The van der Waals surface area contributed by atoms with Gasteiger partial charge in [0.25, 0.3) is 0 Å². The maximum absolute atomic E-state index is 12.5. The third-order valence-corrected chi connectivity index (χ3v) is 8.90. The molecule has 0 spiro atoms. The number of aliphatic hydroxyl groups is 1. The fraction of sp³-hybridized carbons (Fsp3) is 0.750. The highest BCUT2D eigenvalue weighted by Crippen LogP contribution is 2.65. The van der Waals surface area contributed by atoms with Crippen molar-refractivity contribution in [3.63, 3.8) is 0 Å². The molecule has 2 fully saturated rings. The maximum Gasteiger partial charge on any atom is 0.302 e. The number of allylic oxidation sites excluding steroid dienone is 3. The maximum atomic E-state index is 12.5. The molecule has 0 saturated heterocycles. The summed E-state index contributed by atoms with van der Waals surface area (Å²) in [6.45, 7) is 9.44. The molecule has 28 heavy (non-hydrogen) atoms. The van der Waals surface area contributed by atoms with Gasteiger partial charge in [0.15, 0.2) is 5.78 Å². The average Bonchev–Trinajstić information content (AvgIpc) is 2.83. The molecule has 0 bridgehead atoms. The first-order valence-corrected chi connectivity index (χ1v) is 10.8. The summed E-state index contributed by atoms with van der Waals surface area (Å²) in [4.78, 5) is 23.9. The van der Waals surface area contributed by atoms with Gasteiger partial charge < -0.3 is 9.84 Å². The molecule has 4 aliphatic rings. The molecule has 154 valence electrons. The molecule has 0 radical (unpaired) electrons. The van der Waals surface area contributed by atoms with Crippen molar-refractivity contribution in [1.82, 2.24) is 0 Å². The van der Waals surface area contributed by atoms with E-state index in [-0.39, 0.29) is 29.2 Å². The highest BCUT2D eigenvalue weighted by molar-refractivity contribution is 5.90. The van der Waals surface area contributed by atoms with Crippen LogP contribution in [0.4, 0.5) is 0 Å². The van der Waals surface area contributed by atoms with Gasteiger partial charge in [-0.3, -0.25) is 9.59 Å². The van der Waals surface area contributed by atoms with Gasteiger partial charge in [-0.05, 0) is 81.1 Å². The van der Waals surface area contributed by atoms with Crippen molar-refractivity contribution in [2.45, 2.75) is 84.8 Å². The van der Waals surface area contributed by atoms with Crippen LogP contribution in [0.1, 0.15) is 73.1 Å². The fourth-order valence-corrected chi connectivity index (χ4v) is 7.35. The second kappa shape index (κ2) is 6.29. The Balaban J connectivity index is 1.66. The molecular weight excluding hydrogens is 352 g/mol. The lowest BCUT2D eigenvalue weighted by molar-refractivity contribution is -0.152. The van der Waals surface area contributed by atoms with E-state index < -0.39 is 11.0 Å². The summed E-state index contributed by atoms with van der Waals surface area (Å²) in [5.74, 6) is 0.838. The first-order chi connectivity index (χ1) is 13.0. The van der Waals surface area contributed by atoms with E-state index >= 15 is 0 Å². The van der Waals surface area contributed by atoms with Gasteiger partial charge in [0.05, 0.1) is 0 Å². The van der Waals surface area contributed by atoms with Crippen LogP contribution in [0.15, 0.2) is 23.3 Å². The third-order valence-electron chi connectivity index (χ3n) is 8.90. The van der Waals surface area contributed by atoms with Gasteiger partial charge in [-0.1, -0.05) is 31.6 Å². The predicted octanol–water partition coefficient (Wildman–Crippen LogP) is 4.37. The number of carbonyl (C=O) groups excluding carboxylic acids is 2. The monoisotopic (exact) mass is 386 g/mol. The van der Waals surface area contributed by atoms with E-state index in [1.54, 1.807) is 0 Å². The van der Waals surface area contributed by atoms with Crippen LogP contribution in [-0.4, -0.2) is 28.6 Å². The van der Waals surface area contributed by atoms with Crippen molar-refractivity contribution in [2.75, 3.05) is 0 Å². The Morgan fingerprint density at radius 1 is 1.18 bits per heavy atom. The van der Waals surface area contributed by atoms with Crippen LogP contribution >= 0.6 is 0 Å². The van der Waals surface area contributed by atoms with E-state index in [9.17, 15) is 14.7 Å². The summed E-state index contributed by atoms with van der Waals surface area (Å²) in [6, 6.07) is 0. The minimum Gasteiger partial charge on any atom is -0.463 e. The molecule has 1 N–H and O–H groups in total. The highest BCUT2D eigenvalue weighted by Gasteiger charge is 2.63. The number of esters is 1. The summed E-state index contributed by atoms with van der Waals surface area (Å²) in [5, 5.41) is 11.4. The predicted molar refractivity (Wildman–Crippen MR) is 107 cm³/mol. The van der Waals surface area contributed by atoms with Crippen LogP contribution in [0.2, 0.25) is 0 Å². The van der Waals surface area contributed by atoms with Gasteiger partial charge >= 0.3 is 5.97 Å². The largest absolute Gasteiger partial charge is 0.463 e. The molecule has 0 aromatic carbocycles. The van der Waals surface area contributed by atoms with Gasteiger partial charge in [-0.2, -0.15) is 0 Å². The van der Waals surface area contributed by atoms with E-state index in [4.69, 9.17) is 4.74 Å². The first kappa shape index (κ1) is 19.9. The molecule has 4 heteroatoms. The molecule has 0 aliphatic heterocycles. The number of Topliss-reactive ketones (excluding diaryl/α,β-unsaturated/α-hetero) is 1. The molecule has 0 amide bonds. The molecule has 4 rings (SSSR count). The Bertz CT molecular complexity index is 779. The van der Waals surface area contributed by atoms with Gasteiger partial charge in [0.1, 0.15) is 11.7 Å². The molecule has 4 aliphatic carbocycles. The summed E-state index contributed by atoms with van der Waals surface area (Å²) in [7, 11) is 0. The van der Waals surface area contributed by atoms with Crippen molar-refractivity contribution >= 4 is 11.8 Å². The van der Waals surface area contributed by atoms with Crippen molar-refractivity contribution in [3.8, 4) is 0 Å². The third kappa shape index (κ3) is 2.46. The quantitative estimate of drug-likeness (QED) is 0.565. The molecule has 7 atom stereocenters. The van der Waals surface area contributed by atoms with Gasteiger partial charge in [-0.25, -0.2) is 0 Å². The van der Waals surface area contributed by atoms with Crippen LogP contribution in [0.3, 0.4) is 0 Å². The van der Waals surface area contributed by atoms with Gasteiger partial charge in [0.2, 0.25) is 0 Å². The topological polar surface area (TPSA) is 63.6 Å². The molecule has 0 aromatic heterocycles. The van der Waals surface area contributed by atoms with Crippen LogP contribution in [0.5, 0.6) is 0 Å². The zero-order chi connectivity index (χ0) is 20.5. The summed E-state index contributed by atoms with van der Waals surface area (Å²) in [5.41, 5.74) is 0.705. The van der Waals surface area contributed by atoms with E-state index in [0.29, 0.717) is 11.8 Å². The molecule has 2 saturated carbocycles. The first-order valence-electron chi connectivity index (χ1n) is 10.8. The number of carbonyl (C=O) groups is 2. The second-order valence-corrected chi connectivity index (χ2v) is 10.2. The molecule has 4 nitrogen and oxygen atoms in total. The number of fused-ring (bicyclic) bond motifs is 5. The lowest BCUT2D eigenvalue weighted by Gasteiger charge is -2.57.